The van der Waals surface area contributed by atoms with E-state index in [1.165, 1.54) is 6.26 Å². The number of piperazine rings is 1. The zero-order valence-corrected chi connectivity index (χ0v) is 20.0. The van der Waals surface area contributed by atoms with Crippen molar-refractivity contribution in [2.45, 2.75) is 25.7 Å². The summed E-state index contributed by atoms with van der Waals surface area (Å²) in [4.78, 5) is 16.8. The molecule has 8 heteroatoms. The third kappa shape index (κ3) is 5.75. The molecule has 0 atom stereocenters. The van der Waals surface area contributed by atoms with Gasteiger partial charge < -0.3 is 9.80 Å². The maximum atomic E-state index is 12.7. The summed E-state index contributed by atoms with van der Waals surface area (Å²) in [5, 5.41) is 0.697. The fourth-order valence-corrected chi connectivity index (χ4v) is 5.27. The number of amides is 1. The second-order valence-electron chi connectivity index (χ2n) is 8.72. The summed E-state index contributed by atoms with van der Waals surface area (Å²) in [5.41, 5.74) is 2.77. The number of carbonyl (C=O) groups is 1. The standard InChI is InChI=1S/C24H30ClN3O3S/c1-32(30,31)28(18-20-6-7-20)23-5-3-2-4-22(23)26-14-16-27(17-15-26)24(29)13-10-19-8-11-21(25)12-9-19/h2-5,8-9,11-12,20H,6-7,10,13-18H2,1H3. The molecular formula is C24H30ClN3O3S. The van der Waals surface area contributed by atoms with Gasteiger partial charge in [-0.15, -0.1) is 0 Å². The first kappa shape index (κ1) is 22.9. The molecule has 1 saturated heterocycles. The number of anilines is 2. The molecule has 2 aliphatic rings. The summed E-state index contributed by atoms with van der Waals surface area (Å²) < 4.78 is 26.6. The molecule has 0 bridgehead atoms. The van der Waals surface area contributed by atoms with Crippen LogP contribution in [0.1, 0.15) is 24.8 Å². The van der Waals surface area contributed by atoms with Crippen molar-refractivity contribution in [1.82, 2.24) is 4.90 Å². The average Bonchev–Trinajstić information content (AvgIpc) is 3.61. The van der Waals surface area contributed by atoms with E-state index in [2.05, 4.69) is 4.90 Å². The first-order valence-corrected chi connectivity index (χ1v) is 13.4. The molecule has 2 aromatic carbocycles. The summed E-state index contributed by atoms with van der Waals surface area (Å²) in [6, 6.07) is 15.3. The van der Waals surface area contributed by atoms with E-state index in [0.29, 0.717) is 56.5 Å². The molecule has 0 spiro atoms. The molecule has 1 heterocycles. The summed E-state index contributed by atoms with van der Waals surface area (Å²) in [6.07, 6.45) is 4.63. The van der Waals surface area contributed by atoms with E-state index in [-0.39, 0.29) is 5.91 Å². The second-order valence-corrected chi connectivity index (χ2v) is 11.1. The highest BCUT2D eigenvalue weighted by atomic mass is 35.5. The van der Waals surface area contributed by atoms with Crippen molar-refractivity contribution < 1.29 is 13.2 Å². The van der Waals surface area contributed by atoms with Crippen LogP contribution in [-0.4, -0.2) is 58.2 Å². The van der Waals surface area contributed by atoms with Crippen LogP contribution in [0.2, 0.25) is 5.02 Å². The Morgan fingerprint density at radius 3 is 2.31 bits per heavy atom. The van der Waals surface area contributed by atoms with Gasteiger partial charge in [-0.1, -0.05) is 35.9 Å². The van der Waals surface area contributed by atoms with Gasteiger partial charge in [0.25, 0.3) is 0 Å². The van der Waals surface area contributed by atoms with E-state index in [4.69, 9.17) is 11.6 Å². The van der Waals surface area contributed by atoms with Gasteiger partial charge >= 0.3 is 0 Å². The Labute approximate surface area is 195 Å². The zero-order chi connectivity index (χ0) is 22.7. The number of rotatable bonds is 8. The number of hydrogen-bond donors (Lipinski definition) is 0. The van der Waals surface area contributed by atoms with Gasteiger partial charge in [-0.2, -0.15) is 0 Å². The number of benzene rings is 2. The van der Waals surface area contributed by atoms with Crippen molar-refractivity contribution in [3.8, 4) is 0 Å². The molecule has 0 N–H and O–H groups in total. The molecule has 1 amide bonds. The van der Waals surface area contributed by atoms with E-state index in [1.807, 2.05) is 53.4 Å². The van der Waals surface area contributed by atoms with Crippen LogP contribution >= 0.6 is 11.6 Å². The molecule has 4 rings (SSSR count). The van der Waals surface area contributed by atoms with Crippen LogP contribution in [0.25, 0.3) is 0 Å². The Kier molecular flexibility index (Phi) is 6.96. The monoisotopic (exact) mass is 475 g/mol. The summed E-state index contributed by atoms with van der Waals surface area (Å²) in [6.45, 7) is 3.18. The van der Waals surface area contributed by atoms with Crippen molar-refractivity contribution in [2.75, 3.05) is 48.2 Å². The number of halogens is 1. The molecule has 0 radical (unpaired) electrons. The lowest BCUT2D eigenvalue weighted by atomic mass is 10.1. The largest absolute Gasteiger partial charge is 0.366 e. The summed E-state index contributed by atoms with van der Waals surface area (Å²) in [5.74, 6) is 0.604. The Bertz CT molecular complexity index is 1050. The fourth-order valence-electron chi connectivity index (χ4n) is 4.15. The number of sulfonamides is 1. The highest BCUT2D eigenvalue weighted by molar-refractivity contribution is 7.92. The normalized spacial score (nSPS) is 16.8. The van der Waals surface area contributed by atoms with Gasteiger partial charge in [0.05, 0.1) is 17.6 Å². The van der Waals surface area contributed by atoms with Crippen LogP contribution in [0, 0.1) is 5.92 Å². The zero-order valence-electron chi connectivity index (χ0n) is 18.4. The van der Waals surface area contributed by atoms with Gasteiger partial charge in [-0.3, -0.25) is 9.10 Å². The SMILES string of the molecule is CS(=O)(=O)N(CC1CC1)c1ccccc1N1CCN(C(=O)CCc2ccc(Cl)cc2)CC1. The third-order valence-electron chi connectivity index (χ3n) is 6.19. The highest BCUT2D eigenvalue weighted by Gasteiger charge is 2.31. The van der Waals surface area contributed by atoms with Gasteiger partial charge in [-0.25, -0.2) is 8.42 Å². The lowest BCUT2D eigenvalue weighted by molar-refractivity contribution is -0.131. The smallest absolute Gasteiger partial charge is 0.232 e. The Hall–Kier alpha value is -2.25. The first-order valence-electron chi connectivity index (χ1n) is 11.1. The van der Waals surface area contributed by atoms with Gasteiger partial charge in [-0.05, 0) is 55.0 Å². The van der Waals surface area contributed by atoms with Crippen LogP contribution in [0.15, 0.2) is 48.5 Å². The maximum Gasteiger partial charge on any atom is 0.232 e. The minimum Gasteiger partial charge on any atom is -0.366 e. The summed E-state index contributed by atoms with van der Waals surface area (Å²) >= 11 is 5.93. The first-order chi connectivity index (χ1) is 15.3. The van der Waals surface area contributed by atoms with Crippen LogP contribution in [-0.2, 0) is 21.2 Å². The quantitative estimate of drug-likeness (QED) is 0.582. The minimum atomic E-state index is -3.36. The topological polar surface area (TPSA) is 60.9 Å². The molecule has 2 aromatic rings. The Morgan fingerprint density at radius 2 is 1.69 bits per heavy atom. The van der Waals surface area contributed by atoms with E-state index in [1.54, 1.807) is 4.31 Å². The minimum absolute atomic E-state index is 0.152. The number of para-hydroxylation sites is 2. The lowest BCUT2D eigenvalue weighted by Crippen LogP contribution is -2.49. The van der Waals surface area contributed by atoms with Crippen LogP contribution < -0.4 is 9.21 Å². The molecular weight excluding hydrogens is 446 g/mol. The van der Waals surface area contributed by atoms with Crippen molar-refractivity contribution in [3.05, 3.63) is 59.1 Å². The number of carbonyl (C=O) groups excluding carboxylic acids is 1. The Balaban J connectivity index is 1.39. The van der Waals surface area contributed by atoms with Crippen molar-refractivity contribution in [2.24, 2.45) is 5.92 Å². The highest BCUT2D eigenvalue weighted by Crippen LogP contribution is 2.36. The molecule has 6 nitrogen and oxygen atoms in total. The summed E-state index contributed by atoms with van der Waals surface area (Å²) in [7, 11) is -3.36. The third-order valence-corrected chi connectivity index (χ3v) is 7.58. The van der Waals surface area contributed by atoms with Crippen molar-refractivity contribution >= 4 is 38.9 Å². The molecule has 172 valence electrons. The molecule has 1 saturated carbocycles. The number of nitrogens with zero attached hydrogens (tertiary/aromatic N) is 3. The molecule has 1 aliphatic carbocycles. The maximum absolute atomic E-state index is 12.7. The molecule has 0 aromatic heterocycles. The van der Waals surface area contributed by atoms with E-state index < -0.39 is 10.0 Å². The predicted molar refractivity (Wildman–Crippen MR) is 130 cm³/mol. The number of hydrogen-bond acceptors (Lipinski definition) is 4. The fraction of sp³-hybridized carbons (Fsp3) is 0.458. The Morgan fingerprint density at radius 1 is 1.03 bits per heavy atom. The van der Waals surface area contributed by atoms with Gasteiger partial charge in [0, 0.05) is 44.2 Å². The molecule has 0 unspecified atom stereocenters. The van der Waals surface area contributed by atoms with Crippen molar-refractivity contribution in [3.63, 3.8) is 0 Å². The second kappa shape index (κ2) is 9.71. The van der Waals surface area contributed by atoms with E-state index in [0.717, 1.165) is 29.8 Å². The van der Waals surface area contributed by atoms with Crippen LogP contribution in [0.5, 0.6) is 0 Å². The molecule has 1 aliphatic heterocycles. The van der Waals surface area contributed by atoms with Gasteiger partial charge in [0.2, 0.25) is 15.9 Å². The van der Waals surface area contributed by atoms with Crippen LogP contribution in [0.4, 0.5) is 11.4 Å². The van der Waals surface area contributed by atoms with Gasteiger partial charge in [0.15, 0.2) is 0 Å². The van der Waals surface area contributed by atoms with Gasteiger partial charge in [0.1, 0.15) is 0 Å². The lowest BCUT2D eigenvalue weighted by Gasteiger charge is -2.38. The number of aryl methyl sites for hydroxylation is 1. The van der Waals surface area contributed by atoms with E-state index in [9.17, 15) is 13.2 Å². The molecule has 32 heavy (non-hydrogen) atoms. The van der Waals surface area contributed by atoms with Crippen LogP contribution in [0.3, 0.4) is 0 Å². The van der Waals surface area contributed by atoms with Crippen molar-refractivity contribution in [1.29, 1.82) is 0 Å². The van der Waals surface area contributed by atoms with E-state index >= 15 is 0 Å². The average molecular weight is 476 g/mol. The predicted octanol–water partition coefficient (Wildman–Crippen LogP) is 3.80. The molecule has 2 fully saturated rings.